The van der Waals surface area contributed by atoms with Crippen molar-refractivity contribution in [2.24, 2.45) is 0 Å². The number of ether oxygens (including phenoxy) is 2. The van der Waals surface area contributed by atoms with E-state index in [4.69, 9.17) is 9.47 Å². The number of halogens is 1. The fourth-order valence-electron chi connectivity index (χ4n) is 3.00. The third-order valence-corrected chi connectivity index (χ3v) is 5.33. The Morgan fingerprint density at radius 3 is 3.03 bits per heavy atom. The van der Waals surface area contributed by atoms with E-state index < -0.39 is 0 Å². The molecule has 1 saturated heterocycles. The number of carbonyl (C=O) groups is 1. The zero-order valence-corrected chi connectivity index (χ0v) is 18.3. The Morgan fingerprint density at radius 2 is 2.24 bits per heavy atom. The third-order valence-electron chi connectivity index (χ3n) is 4.35. The molecule has 4 rings (SSSR count). The van der Waals surface area contributed by atoms with E-state index in [0.29, 0.717) is 46.8 Å². The summed E-state index contributed by atoms with van der Waals surface area (Å²) in [6.07, 6.45) is 1.65. The summed E-state index contributed by atoms with van der Waals surface area (Å²) in [6.45, 7) is 3.54. The first-order valence-corrected chi connectivity index (χ1v) is 11.0. The molecule has 1 aliphatic heterocycles. The van der Waals surface area contributed by atoms with Gasteiger partial charge >= 0.3 is 0 Å². The smallest absolute Gasteiger partial charge is 0.272 e. The van der Waals surface area contributed by atoms with Crippen LogP contribution in [0.5, 0.6) is 5.88 Å². The number of aryl methyl sites for hydroxylation is 1. The number of aromatic nitrogens is 5. The number of fused-ring (bicyclic) bond motifs is 1. The molecule has 1 fully saturated rings. The Labute approximate surface area is 180 Å². The summed E-state index contributed by atoms with van der Waals surface area (Å²) in [5.74, 6) is 0.912. The zero-order chi connectivity index (χ0) is 20.4. The number of morpholine rings is 1. The minimum atomic E-state index is -0.257. The number of carbonyl (C=O) groups excluding carboxylic acids is 1. The van der Waals surface area contributed by atoms with Crippen molar-refractivity contribution in [3.8, 4) is 5.88 Å². The van der Waals surface area contributed by atoms with Crippen molar-refractivity contribution in [1.29, 1.82) is 0 Å². The average Bonchev–Trinajstić information content (AvgIpc) is 3.15. The number of rotatable bonds is 5. The quantitative estimate of drug-likeness (QED) is 0.406. The van der Waals surface area contributed by atoms with Gasteiger partial charge in [0.25, 0.3) is 11.7 Å². The van der Waals surface area contributed by atoms with Gasteiger partial charge in [-0.2, -0.15) is 9.50 Å². The summed E-state index contributed by atoms with van der Waals surface area (Å²) >= 11 is 4.74. The highest BCUT2D eigenvalue weighted by Gasteiger charge is 2.26. The molecule has 1 amide bonds. The van der Waals surface area contributed by atoms with Crippen LogP contribution in [-0.4, -0.2) is 74.0 Å². The number of amides is 1. The molecule has 29 heavy (non-hydrogen) atoms. The Balaban J connectivity index is 1.44. The van der Waals surface area contributed by atoms with Gasteiger partial charge in [-0.1, -0.05) is 17.8 Å². The third kappa shape index (κ3) is 4.51. The van der Waals surface area contributed by atoms with E-state index in [1.54, 1.807) is 27.6 Å². The van der Waals surface area contributed by atoms with Crippen molar-refractivity contribution in [2.75, 3.05) is 32.6 Å². The van der Waals surface area contributed by atoms with Crippen LogP contribution in [0.25, 0.3) is 5.78 Å². The molecule has 0 aliphatic carbocycles. The average molecular weight is 479 g/mol. The number of hydrogen-bond acceptors (Lipinski definition) is 8. The van der Waals surface area contributed by atoms with Crippen molar-refractivity contribution >= 4 is 39.4 Å². The van der Waals surface area contributed by atoms with E-state index in [2.05, 4.69) is 36.0 Å². The minimum absolute atomic E-state index is 0.123. The maximum atomic E-state index is 12.7. The SMILES string of the molecule is CSc1nc2nc(C)cc(OCC3CN(C(=O)c4cccc(Br)n4)CCO3)n2n1. The second-order valence-electron chi connectivity index (χ2n) is 6.45. The van der Waals surface area contributed by atoms with E-state index >= 15 is 0 Å². The van der Waals surface area contributed by atoms with Crippen LogP contribution < -0.4 is 4.74 Å². The topological polar surface area (TPSA) is 94.7 Å². The van der Waals surface area contributed by atoms with Crippen molar-refractivity contribution < 1.29 is 14.3 Å². The Morgan fingerprint density at radius 1 is 1.38 bits per heavy atom. The molecular weight excluding hydrogens is 460 g/mol. The predicted molar refractivity (Wildman–Crippen MR) is 110 cm³/mol. The van der Waals surface area contributed by atoms with Gasteiger partial charge in [0.2, 0.25) is 11.0 Å². The van der Waals surface area contributed by atoms with Crippen molar-refractivity contribution in [2.45, 2.75) is 18.2 Å². The van der Waals surface area contributed by atoms with Gasteiger partial charge in [0, 0.05) is 18.3 Å². The molecule has 9 nitrogen and oxygen atoms in total. The van der Waals surface area contributed by atoms with Crippen LogP contribution in [0.15, 0.2) is 34.0 Å². The van der Waals surface area contributed by atoms with Gasteiger partial charge < -0.3 is 14.4 Å². The summed E-state index contributed by atoms with van der Waals surface area (Å²) in [5, 5.41) is 5.02. The number of pyridine rings is 1. The van der Waals surface area contributed by atoms with Crippen molar-refractivity contribution in [1.82, 2.24) is 29.5 Å². The van der Waals surface area contributed by atoms with E-state index in [9.17, 15) is 4.79 Å². The second-order valence-corrected chi connectivity index (χ2v) is 8.03. The number of thioether (sulfide) groups is 1. The molecule has 0 aromatic carbocycles. The van der Waals surface area contributed by atoms with E-state index in [-0.39, 0.29) is 18.6 Å². The first-order valence-electron chi connectivity index (χ1n) is 8.98. The molecule has 0 saturated carbocycles. The highest BCUT2D eigenvalue weighted by atomic mass is 79.9. The molecule has 3 aromatic rings. The van der Waals surface area contributed by atoms with Gasteiger partial charge in [0.1, 0.15) is 23.0 Å². The van der Waals surface area contributed by atoms with E-state index in [0.717, 1.165) is 5.69 Å². The number of nitrogens with zero attached hydrogens (tertiary/aromatic N) is 6. The normalized spacial score (nSPS) is 16.9. The summed E-state index contributed by atoms with van der Waals surface area (Å²) in [6, 6.07) is 7.10. The summed E-state index contributed by atoms with van der Waals surface area (Å²) in [5.41, 5.74) is 1.19. The molecule has 1 aliphatic rings. The Kier molecular flexibility index (Phi) is 5.97. The fourth-order valence-corrected chi connectivity index (χ4v) is 3.68. The highest BCUT2D eigenvalue weighted by Crippen LogP contribution is 2.19. The van der Waals surface area contributed by atoms with Crippen LogP contribution in [0.4, 0.5) is 0 Å². The molecule has 11 heteroatoms. The second kappa shape index (κ2) is 8.64. The van der Waals surface area contributed by atoms with Crippen LogP contribution in [0.3, 0.4) is 0 Å². The maximum absolute atomic E-state index is 12.7. The van der Waals surface area contributed by atoms with Gasteiger partial charge in [-0.3, -0.25) is 4.79 Å². The molecular formula is C18H19BrN6O3S. The fraction of sp³-hybridized carbons (Fsp3) is 0.389. The Hall–Kier alpha value is -2.24. The molecule has 0 N–H and O–H groups in total. The highest BCUT2D eigenvalue weighted by molar-refractivity contribution is 9.10. The van der Waals surface area contributed by atoms with Gasteiger partial charge in [-0.05, 0) is 41.2 Å². The van der Waals surface area contributed by atoms with Crippen molar-refractivity contribution in [3.63, 3.8) is 0 Å². The van der Waals surface area contributed by atoms with Gasteiger partial charge in [-0.25, -0.2) is 9.97 Å². The molecule has 0 radical (unpaired) electrons. The van der Waals surface area contributed by atoms with E-state index in [1.807, 2.05) is 19.2 Å². The minimum Gasteiger partial charge on any atom is -0.475 e. The van der Waals surface area contributed by atoms with Crippen LogP contribution in [0.2, 0.25) is 0 Å². The van der Waals surface area contributed by atoms with Crippen LogP contribution >= 0.6 is 27.7 Å². The molecule has 1 unspecified atom stereocenters. The van der Waals surface area contributed by atoms with Gasteiger partial charge in [0.05, 0.1) is 13.2 Å². The van der Waals surface area contributed by atoms with E-state index in [1.165, 1.54) is 11.8 Å². The Bertz CT molecular complexity index is 1050. The largest absolute Gasteiger partial charge is 0.475 e. The molecule has 0 spiro atoms. The van der Waals surface area contributed by atoms with Gasteiger partial charge in [-0.15, -0.1) is 5.10 Å². The van der Waals surface area contributed by atoms with Gasteiger partial charge in [0.15, 0.2) is 0 Å². The van der Waals surface area contributed by atoms with Crippen LogP contribution in [0.1, 0.15) is 16.2 Å². The zero-order valence-electron chi connectivity index (χ0n) is 15.9. The molecule has 1 atom stereocenters. The standard InChI is InChI=1S/C18H19BrN6O3S/c1-11-8-15(25-17(20-11)22-18(23-25)29-2)28-10-12-9-24(6-7-27-12)16(26)13-4-3-5-14(19)21-13/h3-5,8,12H,6-7,9-10H2,1-2H3. The molecule has 4 heterocycles. The monoisotopic (exact) mass is 478 g/mol. The van der Waals surface area contributed by atoms with Crippen molar-refractivity contribution in [3.05, 3.63) is 40.3 Å². The number of hydrogen-bond donors (Lipinski definition) is 0. The lowest BCUT2D eigenvalue weighted by Crippen LogP contribution is -2.47. The summed E-state index contributed by atoms with van der Waals surface area (Å²) in [7, 11) is 0. The summed E-state index contributed by atoms with van der Waals surface area (Å²) in [4.78, 5) is 27.5. The lowest BCUT2D eigenvalue weighted by molar-refractivity contribution is -0.0411. The lowest BCUT2D eigenvalue weighted by atomic mass is 10.2. The first kappa shape index (κ1) is 20.0. The van der Waals surface area contributed by atoms with Crippen LogP contribution in [-0.2, 0) is 4.74 Å². The lowest BCUT2D eigenvalue weighted by Gasteiger charge is -2.32. The molecule has 3 aromatic heterocycles. The molecule has 0 bridgehead atoms. The maximum Gasteiger partial charge on any atom is 0.272 e. The van der Waals surface area contributed by atoms with Crippen LogP contribution in [0, 0.1) is 6.92 Å². The first-order chi connectivity index (χ1) is 14.0. The predicted octanol–water partition coefficient (Wildman–Crippen LogP) is 2.23. The molecule has 152 valence electrons. The summed E-state index contributed by atoms with van der Waals surface area (Å²) < 4.78 is 14.0.